The third kappa shape index (κ3) is 3.38. The van der Waals surface area contributed by atoms with Crippen LogP contribution in [0.3, 0.4) is 0 Å². The highest BCUT2D eigenvalue weighted by Gasteiger charge is 2.84. The SMILES string of the molecule is CCCOC(F)(C(F)C(F)(C(F)(F)F)C(F)(F)F)C(F)(F)F. The predicted octanol–water partition coefficient (Wildman–Crippen LogP) is 4.81. The van der Waals surface area contributed by atoms with Gasteiger partial charge in [-0.15, -0.1) is 0 Å². The maximum Gasteiger partial charge on any atom is 0.451 e. The second-order valence-electron chi connectivity index (χ2n) is 4.06. The highest BCUT2D eigenvalue weighted by atomic mass is 19.4. The molecule has 0 saturated heterocycles. The van der Waals surface area contributed by atoms with E-state index >= 15 is 0 Å². The fourth-order valence-electron chi connectivity index (χ4n) is 1.25. The summed E-state index contributed by atoms with van der Waals surface area (Å²) in [5.74, 6) is -6.14. The molecule has 0 radical (unpaired) electrons. The Bertz CT molecular complexity index is 354. The number of alkyl halides is 12. The molecule has 0 aromatic heterocycles. The van der Waals surface area contributed by atoms with Gasteiger partial charge in [0.2, 0.25) is 6.17 Å². The van der Waals surface area contributed by atoms with Gasteiger partial charge in [-0.25, -0.2) is 8.78 Å². The lowest BCUT2D eigenvalue weighted by atomic mass is 9.92. The van der Waals surface area contributed by atoms with E-state index in [1.54, 1.807) is 0 Å². The van der Waals surface area contributed by atoms with Crippen molar-refractivity contribution in [3.8, 4) is 0 Å². The van der Waals surface area contributed by atoms with E-state index in [1.807, 2.05) is 0 Å². The van der Waals surface area contributed by atoms with Gasteiger partial charge in [-0.3, -0.25) is 0 Å². The third-order valence-corrected chi connectivity index (χ3v) is 2.40. The molecule has 0 saturated carbocycles. The van der Waals surface area contributed by atoms with E-state index in [0.29, 0.717) is 0 Å². The lowest BCUT2D eigenvalue weighted by Gasteiger charge is -2.39. The van der Waals surface area contributed by atoms with Gasteiger partial charge in [0.25, 0.3) is 0 Å². The van der Waals surface area contributed by atoms with E-state index in [-0.39, 0.29) is 0 Å². The normalized spacial score (nSPS) is 19.0. The molecule has 0 aliphatic carbocycles. The van der Waals surface area contributed by atoms with Crippen LogP contribution in [-0.4, -0.2) is 42.8 Å². The fraction of sp³-hybridized carbons (Fsp3) is 1.00. The van der Waals surface area contributed by atoms with E-state index in [9.17, 15) is 52.7 Å². The molecule has 0 aliphatic heterocycles. The minimum absolute atomic E-state index is 0.522. The summed E-state index contributed by atoms with van der Waals surface area (Å²) in [6, 6.07) is 0. The van der Waals surface area contributed by atoms with Gasteiger partial charge in [-0.05, 0) is 6.42 Å². The molecule has 2 unspecified atom stereocenters. The highest BCUT2D eigenvalue weighted by Crippen LogP contribution is 2.55. The summed E-state index contributed by atoms with van der Waals surface area (Å²) in [4.78, 5) is 0. The standard InChI is InChI=1S/C9H8F12O/c1-2-3-22-6(12,9(19,20)21)4(10)5(11,7(13,14)15)8(16,17)18/h4H,2-3H2,1H3. The first-order valence-corrected chi connectivity index (χ1v) is 5.32. The minimum Gasteiger partial charge on any atom is -0.337 e. The molecular weight excluding hydrogens is 352 g/mol. The average molecular weight is 360 g/mol. The van der Waals surface area contributed by atoms with E-state index in [4.69, 9.17) is 0 Å². The summed E-state index contributed by atoms with van der Waals surface area (Å²) in [5.41, 5.74) is -7.11. The molecule has 22 heavy (non-hydrogen) atoms. The number of hydrogen-bond donors (Lipinski definition) is 0. The molecule has 0 aliphatic rings. The van der Waals surface area contributed by atoms with Crippen molar-refractivity contribution in [2.24, 2.45) is 0 Å². The van der Waals surface area contributed by atoms with E-state index in [0.717, 1.165) is 6.92 Å². The largest absolute Gasteiger partial charge is 0.451 e. The zero-order chi connectivity index (χ0) is 18.2. The Kier molecular flexibility index (Phi) is 5.72. The molecule has 2 atom stereocenters. The van der Waals surface area contributed by atoms with Crippen molar-refractivity contribution in [2.45, 2.75) is 49.6 Å². The second kappa shape index (κ2) is 5.96. The molecule has 0 spiro atoms. The fourth-order valence-corrected chi connectivity index (χ4v) is 1.25. The molecule has 13 heteroatoms. The average Bonchev–Trinajstić information content (AvgIpc) is 2.29. The summed E-state index contributed by atoms with van der Waals surface area (Å²) in [5, 5.41) is 0. The first-order valence-electron chi connectivity index (χ1n) is 5.32. The Balaban J connectivity index is 6.14. The van der Waals surface area contributed by atoms with Gasteiger partial charge >= 0.3 is 30.1 Å². The maximum absolute atomic E-state index is 13.5. The molecule has 0 bridgehead atoms. The van der Waals surface area contributed by atoms with Crippen molar-refractivity contribution in [1.29, 1.82) is 0 Å². The van der Waals surface area contributed by atoms with Crippen LogP contribution in [0.15, 0.2) is 0 Å². The van der Waals surface area contributed by atoms with E-state index < -0.39 is 49.3 Å². The number of ether oxygens (including phenoxy) is 1. The van der Waals surface area contributed by atoms with Gasteiger partial charge in [0.1, 0.15) is 0 Å². The van der Waals surface area contributed by atoms with Crippen LogP contribution in [-0.2, 0) is 4.74 Å². The molecule has 0 rings (SSSR count). The molecule has 134 valence electrons. The molecule has 0 N–H and O–H groups in total. The summed E-state index contributed by atoms with van der Waals surface area (Å²) in [7, 11) is 0. The quantitative estimate of drug-likeness (QED) is 0.640. The van der Waals surface area contributed by atoms with Crippen molar-refractivity contribution in [1.82, 2.24) is 0 Å². The van der Waals surface area contributed by atoms with Crippen LogP contribution in [0.4, 0.5) is 52.7 Å². The summed E-state index contributed by atoms with van der Waals surface area (Å²) < 4.78 is 153. The maximum atomic E-state index is 13.5. The first-order chi connectivity index (χ1) is 9.47. The number of hydrogen-bond acceptors (Lipinski definition) is 1. The first kappa shape index (κ1) is 21.1. The van der Waals surface area contributed by atoms with Gasteiger partial charge in [0.05, 0.1) is 6.61 Å². The minimum atomic E-state index is -7.21. The second-order valence-corrected chi connectivity index (χ2v) is 4.06. The summed E-state index contributed by atoms with van der Waals surface area (Å²) in [6.07, 6.45) is -27.4. The van der Waals surface area contributed by atoms with Gasteiger partial charge < -0.3 is 4.74 Å². The highest BCUT2D eigenvalue weighted by molar-refractivity contribution is 5.08. The molecule has 1 nitrogen and oxygen atoms in total. The lowest BCUT2D eigenvalue weighted by molar-refractivity contribution is -0.419. The zero-order valence-electron chi connectivity index (χ0n) is 10.4. The number of halogens is 12. The lowest BCUT2D eigenvalue weighted by Crippen LogP contribution is -2.68. The Labute approximate surface area is 115 Å². The van der Waals surface area contributed by atoms with Crippen LogP contribution >= 0.6 is 0 Å². The van der Waals surface area contributed by atoms with Crippen molar-refractivity contribution in [3.05, 3.63) is 0 Å². The third-order valence-electron chi connectivity index (χ3n) is 2.40. The van der Waals surface area contributed by atoms with Gasteiger partial charge in [-0.1, -0.05) is 6.92 Å². The molecular formula is C9H8F12O. The van der Waals surface area contributed by atoms with Crippen molar-refractivity contribution >= 4 is 0 Å². The van der Waals surface area contributed by atoms with Crippen LogP contribution in [0.25, 0.3) is 0 Å². The monoisotopic (exact) mass is 360 g/mol. The topological polar surface area (TPSA) is 9.23 Å². The Hall–Kier alpha value is -0.880. The molecule has 0 amide bonds. The van der Waals surface area contributed by atoms with Crippen molar-refractivity contribution in [2.75, 3.05) is 6.61 Å². The van der Waals surface area contributed by atoms with Crippen molar-refractivity contribution < 1.29 is 57.4 Å². The van der Waals surface area contributed by atoms with Gasteiger partial charge in [-0.2, -0.15) is 43.9 Å². The summed E-state index contributed by atoms with van der Waals surface area (Å²) in [6.45, 7) is -0.400. The Morgan fingerprint density at radius 3 is 1.32 bits per heavy atom. The van der Waals surface area contributed by atoms with Gasteiger partial charge in [0.15, 0.2) is 0 Å². The van der Waals surface area contributed by atoms with Crippen LogP contribution < -0.4 is 0 Å². The van der Waals surface area contributed by atoms with Crippen LogP contribution in [0, 0.1) is 0 Å². The summed E-state index contributed by atoms with van der Waals surface area (Å²) >= 11 is 0. The predicted molar refractivity (Wildman–Crippen MR) is 47.0 cm³/mol. The Morgan fingerprint density at radius 2 is 1.09 bits per heavy atom. The van der Waals surface area contributed by atoms with Crippen LogP contribution in [0.5, 0.6) is 0 Å². The number of rotatable bonds is 5. The van der Waals surface area contributed by atoms with E-state index in [1.165, 1.54) is 0 Å². The Morgan fingerprint density at radius 1 is 0.727 bits per heavy atom. The zero-order valence-corrected chi connectivity index (χ0v) is 10.4. The molecule has 0 aromatic rings. The molecule has 0 fully saturated rings. The van der Waals surface area contributed by atoms with Crippen molar-refractivity contribution in [3.63, 3.8) is 0 Å². The smallest absolute Gasteiger partial charge is 0.337 e. The van der Waals surface area contributed by atoms with Crippen LogP contribution in [0.2, 0.25) is 0 Å². The van der Waals surface area contributed by atoms with Crippen LogP contribution in [0.1, 0.15) is 13.3 Å². The molecule has 0 aromatic carbocycles. The van der Waals surface area contributed by atoms with E-state index in [2.05, 4.69) is 4.74 Å². The molecule has 0 heterocycles. The van der Waals surface area contributed by atoms with Gasteiger partial charge in [0, 0.05) is 0 Å².